The molecular formula is C14H9BrF5NO3S. The highest BCUT2D eigenvalue weighted by Gasteiger charge is 2.34. The van der Waals surface area contributed by atoms with Gasteiger partial charge in [0.15, 0.2) is 5.75 Å². The van der Waals surface area contributed by atoms with Gasteiger partial charge in [0.25, 0.3) is 0 Å². The van der Waals surface area contributed by atoms with E-state index >= 15 is 0 Å². The number of rotatable bonds is 5. The molecule has 0 saturated heterocycles. The molecule has 136 valence electrons. The summed E-state index contributed by atoms with van der Waals surface area (Å²) in [6, 6.07) is 5.33. The van der Waals surface area contributed by atoms with Crippen molar-refractivity contribution in [2.75, 3.05) is 0 Å². The van der Waals surface area contributed by atoms with Crippen molar-refractivity contribution in [1.29, 1.82) is 0 Å². The lowest BCUT2D eigenvalue weighted by Gasteiger charge is -2.14. The molecule has 1 N–H and O–H groups in total. The predicted octanol–water partition coefficient (Wildman–Crippen LogP) is 4.10. The molecule has 0 spiro atoms. The number of benzene rings is 2. The van der Waals surface area contributed by atoms with E-state index in [1.54, 1.807) is 0 Å². The van der Waals surface area contributed by atoms with Crippen molar-refractivity contribution in [3.8, 4) is 5.75 Å². The summed E-state index contributed by atoms with van der Waals surface area (Å²) < 4.78 is 93.8. The van der Waals surface area contributed by atoms with Gasteiger partial charge in [-0.2, -0.15) is 0 Å². The fourth-order valence-electron chi connectivity index (χ4n) is 1.88. The highest BCUT2D eigenvalue weighted by atomic mass is 79.9. The summed E-state index contributed by atoms with van der Waals surface area (Å²) in [5.41, 5.74) is -0.0449. The van der Waals surface area contributed by atoms with E-state index in [9.17, 15) is 30.4 Å². The van der Waals surface area contributed by atoms with Gasteiger partial charge < -0.3 is 4.74 Å². The number of halogens is 6. The SMILES string of the molecule is O=S(=O)(NCc1cc(F)cc(F)c1)c1ccc(Br)cc1OC(F)(F)F. The molecule has 25 heavy (non-hydrogen) atoms. The topological polar surface area (TPSA) is 55.4 Å². The smallest absolute Gasteiger partial charge is 0.404 e. The van der Waals surface area contributed by atoms with E-state index in [-0.39, 0.29) is 10.0 Å². The van der Waals surface area contributed by atoms with Crippen molar-refractivity contribution in [3.05, 3.63) is 58.1 Å². The van der Waals surface area contributed by atoms with Crippen LogP contribution in [0.25, 0.3) is 0 Å². The average molecular weight is 446 g/mol. The van der Waals surface area contributed by atoms with E-state index in [0.29, 0.717) is 6.07 Å². The average Bonchev–Trinajstić information content (AvgIpc) is 2.42. The molecule has 0 radical (unpaired) electrons. The maximum atomic E-state index is 13.1. The zero-order valence-corrected chi connectivity index (χ0v) is 14.5. The fourth-order valence-corrected chi connectivity index (χ4v) is 3.34. The molecule has 0 saturated carbocycles. The zero-order valence-electron chi connectivity index (χ0n) is 12.1. The second-order valence-electron chi connectivity index (χ2n) is 4.74. The summed E-state index contributed by atoms with van der Waals surface area (Å²) in [5, 5.41) is 0. The third-order valence-electron chi connectivity index (χ3n) is 2.81. The van der Waals surface area contributed by atoms with Crippen molar-refractivity contribution in [3.63, 3.8) is 0 Å². The lowest BCUT2D eigenvalue weighted by Crippen LogP contribution is -2.25. The Hall–Kier alpha value is -1.72. The lowest BCUT2D eigenvalue weighted by atomic mass is 10.2. The van der Waals surface area contributed by atoms with Gasteiger partial charge in [0, 0.05) is 17.1 Å². The van der Waals surface area contributed by atoms with E-state index in [4.69, 9.17) is 0 Å². The Morgan fingerprint density at radius 2 is 1.64 bits per heavy atom. The fraction of sp³-hybridized carbons (Fsp3) is 0.143. The number of hydrogen-bond donors (Lipinski definition) is 1. The number of ether oxygens (including phenoxy) is 1. The largest absolute Gasteiger partial charge is 0.573 e. The van der Waals surface area contributed by atoms with Crippen LogP contribution in [-0.2, 0) is 16.6 Å². The monoisotopic (exact) mass is 445 g/mol. The standard InChI is InChI=1S/C14H9BrF5NO3S/c15-9-1-2-13(12(5-9)24-14(18,19)20)25(22,23)21-7-8-3-10(16)6-11(17)4-8/h1-6,21H,7H2. The molecule has 2 rings (SSSR count). The summed E-state index contributed by atoms with van der Waals surface area (Å²) >= 11 is 2.92. The summed E-state index contributed by atoms with van der Waals surface area (Å²) in [4.78, 5) is -0.773. The molecule has 0 bridgehead atoms. The van der Waals surface area contributed by atoms with Crippen molar-refractivity contribution in [2.24, 2.45) is 0 Å². The zero-order chi connectivity index (χ0) is 18.8. The molecule has 0 unspecified atom stereocenters. The molecule has 2 aromatic carbocycles. The summed E-state index contributed by atoms with van der Waals surface area (Å²) in [6.07, 6.45) is -5.10. The summed E-state index contributed by atoms with van der Waals surface area (Å²) in [6.45, 7) is -0.529. The molecule has 0 aliphatic heterocycles. The minimum Gasteiger partial charge on any atom is -0.404 e. The van der Waals surface area contributed by atoms with Gasteiger partial charge in [0.2, 0.25) is 10.0 Å². The second-order valence-corrected chi connectivity index (χ2v) is 7.39. The van der Waals surface area contributed by atoms with Crippen LogP contribution in [0, 0.1) is 11.6 Å². The Morgan fingerprint density at radius 3 is 2.20 bits per heavy atom. The molecule has 0 aromatic heterocycles. The van der Waals surface area contributed by atoms with Gasteiger partial charge >= 0.3 is 6.36 Å². The molecule has 0 atom stereocenters. The quantitative estimate of drug-likeness (QED) is 0.704. The van der Waals surface area contributed by atoms with E-state index < -0.39 is 45.2 Å². The minimum absolute atomic E-state index is 0.0449. The van der Waals surface area contributed by atoms with Crippen LogP contribution in [0.2, 0.25) is 0 Å². The van der Waals surface area contributed by atoms with Crippen molar-refractivity contribution >= 4 is 26.0 Å². The van der Waals surface area contributed by atoms with Crippen LogP contribution in [-0.4, -0.2) is 14.8 Å². The molecule has 0 heterocycles. The normalized spacial score (nSPS) is 12.2. The number of nitrogens with one attached hydrogen (secondary N) is 1. The van der Waals surface area contributed by atoms with Crippen molar-refractivity contribution in [1.82, 2.24) is 4.72 Å². The highest BCUT2D eigenvalue weighted by Crippen LogP contribution is 2.32. The Morgan fingerprint density at radius 1 is 1.04 bits per heavy atom. The van der Waals surface area contributed by atoms with Gasteiger partial charge in [-0.25, -0.2) is 21.9 Å². The first-order valence-corrected chi connectivity index (χ1v) is 8.74. The molecular weight excluding hydrogens is 437 g/mol. The van der Waals surface area contributed by atoms with Crippen LogP contribution in [0.1, 0.15) is 5.56 Å². The van der Waals surface area contributed by atoms with E-state index in [1.807, 2.05) is 4.72 Å². The molecule has 0 fully saturated rings. The predicted molar refractivity (Wildman–Crippen MR) is 81.2 cm³/mol. The van der Waals surface area contributed by atoms with Crippen LogP contribution in [0.15, 0.2) is 45.8 Å². The third kappa shape index (κ3) is 5.65. The molecule has 11 heteroatoms. The van der Waals surface area contributed by atoms with Crippen LogP contribution in [0.5, 0.6) is 5.75 Å². The highest BCUT2D eigenvalue weighted by molar-refractivity contribution is 9.10. The number of hydrogen-bond acceptors (Lipinski definition) is 3. The van der Waals surface area contributed by atoms with Crippen LogP contribution < -0.4 is 9.46 Å². The van der Waals surface area contributed by atoms with Gasteiger partial charge in [-0.1, -0.05) is 15.9 Å². The first-order chi connectivity index (χ1) is 11.5. The lowest BCUT2D eigenvalue weighted by molar-refractivity contribution is -0.275. The molecule has 0 aliphatic rings. The van der Waals surface area contributed by atoms with E-state index in [0.717, 1.165) is 24.3 Å². The second kappa shape index (κ2) is 7.26. The van der Waals surface area contributed by atoms with Crippen LogP contribution in [0.3, 0.4) is 0 Å². The van der Waals surface area contributed by atoms with Crippen molar-refractivity contribution < 1.29 is 35.1 Å². The molecule has 2 aromatic rings. The first kappa shape index (κ1) is 19.6. The van der Waals surface area contributed by atoms with Gasteiger partial charge in [-0.05, 0) is 35.9 Å². The maximum Gasteiger partial charge on any atom is 0.573 e. The summed E-state index contributed by atoms with van der Waals surface area (Å²) in [5.74, 6) is -2.78. The Balaban J connectivity index is 2.30. The Labute approximate surface area is 147 Å². The Kier molecular flexibility index (Phi) is 5.69. The molecule has 0 aliphatic carbocycles. The Bertz CT molecular complexity index is 866. The number of sulfonamides is 1. The van der Waals surface area contributed by atoms with Gasteiger partial charge in [0.1, 0.15) is 16.5 Å². The van der Waals surface area contributed by atoms with Gasteiger partial charge in [-0.3, -0.25) is 0 Å². The van der Waals surface area contributed by atoms with Crippen LogP contribution in [0.4, 0.5) is 22.0 Å². The molecule has 0 amide bonds. The van der Waals surface area contributed by atoms with Gasteiger partial charge in [-0.15, -0.1) is 13.2 Å². The van der Waals surface area contributed by atoms with Gasteiger partial charge in [0.05, 0.1) is 0 Å². The number of alkyl halides is 3. The van der Waals surface area contributed by atoms with E-state index in [2.05, 4.69) is 20.7 Å². The summed E-state index contributed by atoms with van der Waals surface area (Å²) in [7, 11) is -4.44. The molecule has 4 nitrogen and oxygen atoms in total. The first-order valence-electron chi connectivity index (χ1n) is 6.46. The maximum absolute atomic E-state index is 13.1. The van der Waals surface area contributed by atoms with E-state index in [1.165, 1.54) is 6.07 Å². The third-order valence-corrected chi connectivity index (χ3v) is 4.74. The van der Waals surface area contributed by atoms with Crippen LogP contribution >= 0.6 is 15.9 Å². The van der Waals surface area contributed by atoms with Crippen molar-refractivity contribution in [2.45, 2.75) is 17.8 Å². The minimum atomic E-state index is -5.10.